The number of rotatable bonds is 3. The standard InChI is InChI=1S/C14H13N3O4/c15-7-8-1-3-12(13(5-8)17(20)21)16-9-2-4-11(16)10(6-9)14(18)19/h1,3,5,9-11H,2,4,6H2,(H,18,19). The molecule has 7 heteroatoms. The van der Waals surface area contributed by atoms with E-state index in [9.17, 15) is 20.0 Å². The Morgan fingerprint density at radius 3 is 2.81 bits per heavy atom. The summed E-state index contributed by atoms with van der Waals surface area (Å²) >= 11 is 0. The smallest absolute Gasteiger partial charge is 0.308 e. The van der Waals surface area contributed by atoms with Crippen molar-refractivity contribution in [2.45, 2.75) is 31.3 Å². The minimum Gasteiger partial charge on any atom is -0.481 e. The molecule has 0 radical (unpaired) electrons. The molecule has 108 valence electrons. The molecule has 3 atom stereocenters. The van der Waals surface area contributed by atoms with E-state index in [1.54, 1.807) is 6.07 Å². The van der Waals surface area contributed by atoms with Gasteiger partial charge in [0.25, 0.3) is 5.69 Å². The molecule has 2 fully saturated rings. The molecule has 7 nitrogen and oxygen atoms in total. The fraction of sp³-hybridized carbons (Fsp3) is 0.429. The van der Waals surface area contributed by atoms with Crippen molar-refractivity contribution in [3.05, 3.63) is 33.9 Å². The van der Waals surface area contributed by atoms with Crippen molar-refractivity contribution in [3.63, 3.8) is 0 Å². The molecule has 1 N–H and O–H groups in total. The number of aliphatic carboxylic acids is 1. The number of nitrogens with zero attached hydrogens (tertiary/aromatic N) is 3. The fourth-order valence-electron chi connectivity index (χ4n) is 3.59. The molecule has 2 aliphatic heterocycles. The maximum absolute atomic E-state index is 11.3. The lowest BCUT2D eigenvalue weighted by Gasteiger charge is -2.25. The molecule has 1 aromatic rings. The summed E-state index contributed by atoms with van der Waals surface area (Å²) in [4.78, 5) is 23.9. The number of nitro groups is 1. The van der Waals surface area contributed by atoms with E-state index in [-0.39, 0.29) is 23.3 Å². The van der Waals surface area contributed by atoms with E-state index in [0.29, 0.717) is 12.1 Å². The second kappa shape index (κ2) is 4.74. The second-order valence-electron chi connectivity index (χ2n) is 5.46. The zero-order valence-electron chi connectivity index (χ0n) is 11.1. The van der Waals surface area contributed by atoms with Crippen molar-refractivity contribution in [3.8, 4) is 6.07 Å². The topological polar surface area (TPSA) is 107 Å². The van der Waals surface area contributed by atoms with Crippen molar-refractivity contribution >= 4 is 17.3 Å². The molecule has 2 aliphatic rings. The molecule has 21 heavy (non-hydrogen) atoms. The number of anilines is 1. The maximum Gasteiger partial charge on any atom is 0.308 e. The second-order valence-corrected chi connectivity index (χ2v) is 5.46. The van der Waals surface area contributed by atoms with Crippen LogP contribution in [0.15, 0.2) is 18.2 Å². The van der Waals surface area contributed by atoms with Gasteiger partial charge in [0.15, 0.2) is 0 Å². The Hall–Kier alpha value is -2.62. The summed E-state index contributed by atoms with van der Waals surface area (Å²) in [5.74, 6) is -1.32. The number of hydrogen-bond donors (Lipinski definition) is 1. The van der Waals surface area contributed by atoms with Gasteiger partial charge in [-0.15, -0.1) is 0 Å². The van der Waals surface area contributed by atoms with E-state index in [1.807, 2.05) is 11.0 Å². The van der Waals surface area contributed by atoms with Crippen LogP contribution in [0.1, 0.15) is 24.8 Å². The first-order chi connectivity index (χ1) is 10.0. The van der Waals surface area contributed by atoms with E-state index in [4.69, 9.17) is 5.26 Å². The number of nitro benzene ring substituents is 1. The minimum atomic E-state index is -0.844. The van der Waals surface area contributed by atoms with Crippen LogP contribution in [0.5, 0.6) is 0 Å². The molecule has 1 aromatic carbocycles. The van der Waals surface area contributed by atoms with Crippen LogP contribution in [0.3, 0.4) is 0 Å². The molecule has 3 unspecified atom stereocenters. The third-order valence-electron chi connectivity index (χ3n) is 4.43. The molecule has 2 heterocycles. The van der Waals surface area contributed by atoms with Crippen molar-refractivity contribution in [1.82, 2.24) is 0 Å². The molecule has 0 aliphatic carbocycles. The summed E-state index contributed by atoms with van der Waals surface area (Å²) < 4.78 is 0. The number of carbonyl (C=O) groups is 1. The van der Waals surface area contributed by atoms with Gasteiger partial charge in [0.05, 0.1) is 22.5 Å². The Labute approximate surface area is 120 Å². The van der Waals surface area contributed by atoms with Crippen LogP contribution in [-0.4, -0.2) is 28.1 Å². The Balaban J connectivity index is 2.04. The van der Waals surface area contributed by atoms with Gasteiger partial charge >= 0.3 is 5.97 Å². The van der Waals surface area contributed by atoms with Gasteiger partial charge in [-0.05, 0) is 31.4 Å². The molecule has 0 amide bonds. The predicted octanol–water partition coefficient (Wildman–Crippen LogP) is 1.91. The monoisotopic (exact) mass is 287 g/mol. The lowest BCUT2D eigenvalue weighted by molar-refractivity contribution is -0.384. The quantitative estimate of drug-likeness (QED) is 0.672. The van der Waals surface area contributed by atoms with Crippen LogP contribution in [0.25, 0.3) is 0 Å². The summed E-state index contributed by atoms with van der Waals surface area (Å²) in [5, 5.41) is 29.4. The zero-order valence-corrected chi connectivity index (χ0v) is 11.1. The van der Waals surface area contributed by atoms with Crippen LogP contribution in [0.4, 0.5) is 11.4 Å². The van der Waals surface area contributed by atoms with Crippen LogP contribution in [0, 0.1) is 27.4 Å². The van der Waals surface area contributed by atoms with Gasteiger partial charge in [0, 0.05) is 18.2 Å². The van der Waals surface area contributed by atoms with Gasteiger partial charge in [-0.1, -0.05) is 0 Å². The molecule has 0 spiro atoms. The predicted molar refractivity (Wildman–Crippen MR) is 72.8 cm³/mol. The van der Waals surface area contributed by atoms with E-state index in [1.165, 1.54) is 12.1 Å². The summed E-state index contributed by atoms with van der Waals surface area (Å²) in [5.41, 5.74) is 0.527. The maximum atomic E-state index is 11.3. The number of carboxylic acids is 1. The van der Waals surface area contributed by atoms with Gasteiger partial charge in [-0.25, -0.2) is 0 Å². The Bertz CT molecular complexity index is 667. The van der Waals surface area contributed by atoms with Crippen LogP contribution < -0.4 is 4.90 Å². The average molecular weight is 287 g/mol. The summed E-state index contributed by atoms with van der Waals surface area (Å²) in [6, 6.07) is 6.08. The van der Waals surface area contributed by atoms with Crippen LogP contribution >= 0.6 is 0 Å². The first kappa shape index (κ1) is 13.4. The van der Waals surface area contributed by atoms with E-state index in [0.717, 1.165) is 12.8 Å². The molecule has 2 bridgehead atoms. The average Bonchev–Trinajstić information content (AvgIpc) is 3.04. The third kappa shape index (κ3) is 2.00. The van der Waals surface area contributed by atoms with Crippen LogP contribution in [0.2, 0.25) is 0 Å². The number of carboxylic acid groups (broad SMARTS) is 1. The highest BCUT2D eigenvalue weighted by Crippen LogP contribution is 2.47. The highest BCUT2D eigenvalue weighted by molar-refractivity contribution is 5.76. The van der Waals surface area contributed by atoms with Crippen LogP contribution in [-0.2, 0) is 4.79 Å². The molecule has 2 saturated heterocycles. The Morgan fingerprint density at radius 1 is 1.48 bits per heavy atom. The van der Waals surface area contributed by atoms with Crippen molar-refractivity contribution in [1.29, 1.82) is 5.26 Å². The Kier molecular flexibility index (Phi) is 3.01. The first-order valence-corrected chi connectivity index (χ1v) is 6.72. The highest BCUT2D eigenvalue weighted by atomic mass is 16.6. The first-order valence-electron chi connectivity index (χ1n) is 6.72. The molecular formula is C14H13N3O4. The largest absolute Gasteiger partial charge is 0.481 e. The normalized spacial score (nSPS) is 26.6. The van der Waals surface area contributed by atoms with E-state index in [2.05, 4.69) is 0 Å². The number of fused-ring (bicyclic) bond motifs is 2. The summed E-state index contributed by atoms with van der Waals surface area (Å²) in [6.07, 6.45) is 2.11. The molecule has 0 saturated carbocycles. The van der Waals surface area contributed by atoms with Gasteiger partial charge < -0.3 is 10.0 Å². The third-order valence-corrected chi connectivity index (χ3v) is 4.43. The Morgan fingerprint density at radius 2 is 2.24 bits per heavy atom. The molecule has 0 aromatic heterocycles. The SMILES string of the molecule is N#Cc1ccc(N2C3CCC2C(C(=O)O)C3)c([N+](=O)[O-])c1. The molecular weight excluding hydrogens is 274 g/mol. The van der Waals surface area contributed by atoms with E-state index < -0.39 is 16.8 Å². The number of nitriles is 1. The minimum absolute atomic E-state index is 0.0303. The molecule has 3 rings (SSSR count). The van der Waals surface area contributed by atoms with Crippen molar-refractivity contribution in [2.75, 3.05) is 4.90 Å². The lowest BCUT2D eigenvalue weighted by atomic mass is 9.89. The highest BCUT2D eigenvalue weighted by Gasteiger charge is 2.50. The number of hydrogen-bond acceptors (Lipinski definition) is 5. The van der Waals surface area contributed by atoms with Gasteiger partial charge in [0.1, 0.15) is 5.69 Å². The van der Waals surface area contributed by atoms with Gasteiger partial charge in [-0.3, -0.25) is 14.9 Å². The lowest BCUT2D eigenvalue weighted by Crippen LogP contribution is -2.33. The van der Waals surface area contributed by atoms with E-state index >= 15 is 0 Å². The number of benzene rings is 1. The summed E-state index contributed by atoms with van der Waals surface area (Å²) in [6.45, 7) is 0. The van der Waals surface area contributed by atoms with Gasteiger partial charge in [-0.2, -0.15) is 5.26 Å². The van der Waals surface area contributed by atoms with Crippen molar-refractivity contribution < 1.29 is 14.8 Å². The van der Waals surface area contributed by atoms with Gasteiger partial charge in [0.2, 0.25) is 0 Å². The van der Waals surface area contributed by atoms with Crippen molar-refractivity contribution in [2.24, 2.45) is 5.92 Å². The zero-order chi connectivity index (χ0) is 15.1. The fourth-order valence-corrected chi connectivity index (χ4v) is 3.59. The summed E-state index contributed by atoms with van der Waals surface area (Å²) in [7, 11) is 0.